The second-order valence-corrected chi connectivity index (χ2v) is 5.00. The molecule has 3 aromatic rings. The first-order valence-corrected chi connectivity index (χ1v) is 6.53. The number of carboxylic acids is 1. The van der Waals surface area contributed by atoms with Gasteiger partial charge in [0.2, 0.25) is 0 Å². The highest BCUT2D eigenvalue weighted by atomic mass is 19.4. The van der Waals surface area contributed by atoms with Crippen LogP contribution in [0.4, 0.5) is 13.2 Å². The van der Waals surface area contributed by atoms with Crippen LogP contribution in [0.3, 0.4) is 0 Å². The van der Waals surface area contributed by atoms with Crippen LogP contribution in [0, 0.1) is 0 Å². The van der Waals surface area contributed by atoms with Crippen LogP contribution in [-0.4, -0.2) is 21.0 Å². The minimum Gasteiger partial charge on any atom is -0.476 e. The van der Waals surface area contributed by atoms with E-state index in [0.29, 0.717) is 26.8 Å². The van der Waals surface area contributed by atoms with E-state index in [4.69, 9.17) is 5.11 Å². The minimum atomic E-state index is -4.40. The Balaban J connectivity index is 2.05. The van der Waals surface area contributed by atoms with Crippen molar-refractivity contribution >= 4 is 16.9 Å². The average Bonchev–Trinajstić information content (AvgIpc) is 2.83. The monoisotopic (exact) mass is 321 g/mol. The molecule has 0 aliphatic heterocycles. The number of halogens is 3. The number of hydrogen-bond acceptors (Lipinski definition) is 2. The molecule has 23 heavy (non-hydrogen) atoms. The molecule has 2 N–H and O–H groups in total. The molecule has 0 fully saturated rings. The Morgan fingerprint density at radius 3 is 2.13 bits per heavy atom. The summed E-state index contributed by atoms with van der Waals surface area (Å²) < 4.78 is 38.3. The van der Waals surface area contributed by atoms with E-state index in [1.54, 1.807) is 12.1 Å². The lowest BCUT2D eigenvalue weighted by molar-refractivity contribution is -0.137. The number of benzene rings is 2. The molecule has 118 valence electrons. The number of aromatic carboxylic acids is 1. The third-order valence-corrected chi connectivity index (χ3v) is 3.54. The van der Waals surface area contributed by atoms with Crippen molar-refractivity contribution in [2.24, 2.45) is 0 Å². The van der Waals surface area contributed by atoms with Gasteiger partial charge >= 0.3 is 12.1 Å². The third kappa shape index (κ3) is 2.61. The molecule has 2 aromatic carbocycles. The Morgan fingerprint density at radius 2 is 1.57 bits per heavy atom. The molecule has 0 radical (unpaired) electrons. The van der Waals surface area contributed by atoms with Gasteiger partial charge in [0, 0.05) is 5.39 Å². The number of alkyl halides is 3. The second kappa shape index (κ2) is 5.05. The first-order chi connectivity index (χ1) is 10.8. The van der Waals surface area contributed by atoms with E-state index in [-0.39, 0.29) is 5.69 Å². The topological polar surface area (TPSA) is 62.5 Å². The maximum Gasteiger partial charge on any atom is 0.416 e. The number of carbonyl (C=O) groups is 1. The fraction of sp³-hybridized carbons (Fsp3) is 0.0625. The number of rotatable bonds is 2. The van der Waals surface area contributed by atoms with Gasteiger partial charge < -0.3 is 10.3 Å². The summed E-state index contributed by atoms with van der Waals surface area (Å²) in [6, 6.07) is 10.7. The van der Waals surface area contributed by atoms with E-state index < -0.39 is 17.7 Å². The smallest absolute Gasteiger partial charge is 0.416 e. The summed E-state index contributed by atoms with van der Waals surface area (Å²) >= 11 is 0. The van der Waals surface area contributed by atoms with E-state index in [1.165, 1.54) is 24.3 Å². The molecular formula is C16H10F3NO3. The van der Waals surface area contributed by atoms with Gasteiger partial charge in [0.25, 0.3) is 0 Å². The Morgan fingerprint density at radius 1 is 0.957 bits per heavy atom. The molecule has 0 saturated carbocycles. The lowest BCUT2D eigenvalue weighted by Crippen LogP contribution is -2.04. The highest BCUT2D eigenvalue weighted by molar-refractivity contribution is 5.95. The summed E-state index contributed by atoms with van der Waals surface area (Å²) in [6.07, 6.45) is -4.40. The highest BCUT2D eigenvalue weighted by Crippen LogP contribution is 2.32. The van der Waals surface area contributed by atoms with Crippen LogP contribution in [0.2, 0.25) is 0 Å². The molecule has 1 heterocycles. The normalized spacial score (nSPS) is 11.8. The van der Waals surface area contributed by atoms with E-state index in [2.05, 4.69) is 0 Å². The molecule has 0 aliphatic carbocycles. The van der Waals surface area contributed by atoms with E-state index >= 15 is 0 Å². The first-order valence-electron chi connectivity index (χ1n) is 6.53. The predicted octanol–water partition coefficient (Wildman–Crippen LogP) is 4.26. The molecular weight excluding hydrogens is 311 g/mol. The van der Waals surface area contributed by atoms with Crippen molar-refractivity contribution in [2.75, 3.05) is 0 Å². The summed E-state index contributed by atoms with van der Waals surface area (Å²) in [6.45, 7) is 0. The fourth-order valence-corrected chi connectivity index (χ4v) is 2.38. The van der Waals surface area contributed by atoms with Crippen molar-refractivity contribution < 1.29 is 28.3 Å². The van der Waals surface area contributed by atoms with Crippen LogP contribution in [0.1, 0.15) is 16.1 Å². The van der Waals surface area contributed by atoms with Gasteiger partial charge in [0.05, 0.1) is 11.1 Å². The number of aromatic nitrogens is 1. The molecule has 0 spiro atoms. The van der Waals surface area contributed by atoms with Crippen LogP contribution in [0.15, 0.2) is 48.5 Å². The average molecular weight is 321 g/mol. The number of fused-ring (bicyclic) bond motifs is 1. The lowest BCUT2D eigenvalue weighted by Gasteiger charge is -2.08. The quantitative estimate of drug-likeness (QED) is 0.693. The molecule has 7 heteroatoms. The van der Waals surface area contributed by atoms with Crippen LogP contribution in [0.25, 0.3) is 22.0 Å². The summed E-state index contributed by atoms with van der Waals surface area (Å²) in [5.41, 5.74) is 0.455. The van der Waals surface area contributed by atoms with Crippen molar-refractivity contribution in [1.29, 1.82) is 0 Å². The largest absolute Gasteiger partial charge is 0.476 e. The standard InChI is InChI=1S/C16H10F3NO3/c17-16(18,19)12-4-1-9(2-5-12)10-3-6-13-11(7-10)8-14(15(21)22)20(13)23/h1-8,23H,(H,21,22). The van der Waals surface area contributed by atoms with Crippen molar-refractivity contribution in [3.05, 3.63) is 59.8 Å². The van der Waals surface area contributed by atoms with E-state index in [0.717, 1.165) is 12.1 Å². The SMILES string of the molecule is O=C(O)c1cc2cc(-c3ccc(C(F)(F)F)cc3)ccc2n1O. The molecule has 0 unspecified atom stereocenters. The zero-order valence-corrected chi connectivity index (χ0v) is 11.5. The summed E-state index contributed by atoms with van der Waals surface area (Å²) in [5.74, 6) is -1.28. The van der Waals surface area contributed by atoms with Crippen molar-refractivity contribution in [3.63, 3.8) is 0 Å². The Hall–Kier alpha value is -2.96. The summed E-state index contributed by atoms with van der Waals surface area (Å²) in [7, 11) is 0. The molecule has 0 atom stereocenters. The molecule has 1 aromatic heterocycles. The fourth-order valence-electron chi connectivity index (χ4n) is 2.38. The van der Waals surface area contributed by atoms with Gasteiger partial charge in [-0.15, -0.1) is 0 Å². The first kappa shape index (κ1) is 15.0. The molecule has 0 aliphatic rings. The van der Waals surface area contributed by atoms with Crippen molar-refractivity contribution in [1.82, 2.24) is 4.73 Å². The number of nitrogens with zero attached hydrogens (tertiary/aromatic N) is 1. The lowest BCUT2D eigenvalue weighted by atomic mass is 10.0. The van der Waals surface area contributed by atoms with Gasteiger partial charge in [-0.1, -0.05) is 18.2 Å². The van der Waals surface area contributed by atoms with Gasteiger partial charge in [-0.25, -0.2) is 4.79 Å². The van der Waals surface area contributed by atoms with E-state index in [9.17, 15) is 23.2 Å². The Bertz CT molecular complexity index is 895. The van der Waals surface area contributed by atoms with Crippen LogP contribution in [0.5, 0.6) is 0 Å². The van der Waals surface area contributed by atoms with Gasteiger partial charge in [-0.3, -0.25) is 0 Å². The molecule has 0 bridgehead atoms. The summed E-state index contributed by atoms with van der Waals surface area (Å²) in [4.78, 5) is 11.0. The minimum absolute atomic E-state index is 0.287. The zero-order valence-electron chi connectivity index (χ0n) is 11.5. The van der Waals surface area contributed by atoms with Gasteiger partial charge in [0.15, 0.2) is 5.69 Å². The second-order valence-electron chi connectivity index (χ2n) is 5.00. The maximum absolute atomic E-state index is 12.6. The van der Waals surface area contributed by atoms with Crippen LogP contribution in [-0.2, 0) is 6.18 Å². The molecule has 3 rings (SSSR count). The van der Waals surface area contributed by atoms with Crippen LogP contribution < -0.4 is 0 Å². The zero-order chi connectivity index (χ0) is 16.8. The number of hydrogen-bond donors (Lipinski definition) is 2. The third-order valence-electron chi connectivity index (χ3n) is 3.54. The van der Waals surface area contributed by atoms with E-state index in [1.807, 2.05) is 0 Å². The maximum atomic E-state index is 12.6. The van der Waals surface area contributed by atoms with Gasteiger partial charge in [0.1, 0.15) is 0 Å². The van der Waals surface area contributed by atoms with Gasteiger partial charge in [-0.05, 0) is 41.5 Å². The highest BCUT2D eigenvalue weighted by Gasteiger charge is 2.30. The van der Waals surface area contributed by atoms with Crippen molar-refractivity contribution in [2.45, 2.75) is 6.18 Å². The van der Waals surface area contributed by atoms with Gasteiger partial charge in [-0.2, -0.15) is 17.9 Å². The Kier molecular flexibility index (Phi) is 3.28. The Labute approximate surface area is 128 Å². The number of carboxylic acid groups (broad SMARTS) is 1. The predicted molar refractivity (Wildman–Crippen MR) is 76.5 cm³/mol. The molecule has 4 nitrogen and oxygen atoms in total. The van der Waals surface area contributed by atoms with Crippen molar-refractivity contribution in [3.8, 4) is 11.1 Å². The molecule has 0 saturated heterocycles. The molecule has 0 amide bonds. The van der Waals surface area contributed by atoms with Crippen LogP contribution >= 0.6 is 0 Å². The summed E-state index contributed by atoms with van der Waals surface area (Å²) in [5, 5.41) is 19.2.